The van der Waals surface area contributed by atoms with Crippen LogP contribution in [0.15, 0.2) is 83.8 Å². The van der Waals surface area contributed by atoms with Gasteiger partial charge < -0.3 is 20.1 Å². The van der Waals surface area contributed by atoms with Crippen LogP contribution in [-0.4, -0.2) is 28.5 Å². The second-order valence-corrected chi connectivity index (χ2v) is 9.00. The predicted molar refractivity (Wildman–Crippen MR) is 150 cm³/mol. The van der Waals surface area contributed by atoms with Crippen LogP contribution in [0.5, 0.6) is 11.5 Å². The lowest BCUT2D eigenvalue weighted by Gasteiger charge is -2.16. The Morgan fingerprint density at radius 2 is 1.72 bits per heavy atom. The Hall–Kier alpha value is -4.63. The second kappa shape index (κ2) is 12.7. The van der Waals surface area contributed by atoms with Gasteiger partial charge in [0, 0.05) is 17.1 Å². The third kappa shape index (κ3) is 7.45. The molecule has 0 aliphatic heterocycles. The van der Waals surface area contributed by atoms with Gasteiger partial charge in [-0.15, -0.1) is 0 Å². The van der Waals surface area contributed by atoms with Crippen LogP contribution in [0.1, 0.15) is 24.5 Å². The molecule has 3 aromatic carbocycles. The Balaban J connectivity index is 1.54. The van der Waals surface area contributed by atoms with Gasteiger partial charge >= 0.3 is 5.97 Å². The third-order valence-corrected chi connectivity index (χ3v) is 5.97. The molecule has 0 saturated heterocycles. The van der Waals surface area contributed by atoms with Crippen molar-refractivity contribution in [1.82, 2.24) is 9.55 Å². The summed E-state index contributed by atoms with van der Waals surface area (Å²) in [7, 11) is 1.35. The van der Waals surface area contributed by atoms with Gasteiger partial charge in [-0.1, -0.05) is 42.8 Å². The van der Waals surface area contributed by atoms with E-state index in [-0.39, 0.29) is 37.0 Å². The van der Waals surface area contributed by atoms with Crippen molar-refractivity contribution in [2.75, 3.05) is 17.7 Å². The van der Waals surface area contributed by atoms with Crippen molar-refractivity contribution in [2.24, 2.45) is 0 Å². The number of halogens is 1. The zero-order valence-electron chi connectivity index (χ0n) is 21.4. The maximum atomic E-state index is 13.3. The third-order valence-electron chi connectivity index (χ3n) is 5.72. The van der Waals surface area contributed by atoms with Crippen molar-refractivity contribution in [1.29, 1.82) is 0 Å². The maximum absolute atomic E-state index is 13.3. The van der Waals surface area contributed by atoms with Gasteiger partial charge in [0.1, 0.15) is 17.2 Å². The molecule has 200 valence electrons. The molecule has 0 saturated carbocycles. The van der Waals surface area contributed by atoms with Crippen LogP contribution in [0, 0.1) is 0 Å². The molecular weight excluding hydrogens is 520 g/mol. The molecule has 9 nitrogen and oxygen atoms in total. The lowest BCUT2D eigenvalue weighted by molar-refractivity contribution is -0.139. The summed E-state index contributed by atoms with van der Waals surface area (Å²) in [5, 5.41) is 6.37. The molecule has 0 unspecified atom stereocenters. The first-order valence-electron chi connectivity index (χ1n) is 12.2. The fourth-order valence-electron chi connectivity index (χ4n) is 3.66. The van der Waals surface area contributed by atoms with Gasteiger partial charge in [0.2, 0.25) is 11.9 Å². The highest BCUT2D eigenvalue weighted by molar-refractivity contribution is 6.30. The Kier molecular flexibility index (Phi) is 8.96. The quantitative estimate of drug-likeness (QED) is 0.251. The molecule has 2 N–H and O–H groups in total. The standard InChI is InChI=1S/C29H27ClN4O5/c1-3-26(35)33-25-17-31-29(34(28(25)37)18-19-7-9-21(30)10-8-19)32-22-11-13-23(14-12-22)39-24-6-4-5-20(15-24)16-27(36)38-2/h4-15,17H,3,16,18H2,1-2H3,(H,31,32)(H,33,35). The van der Waals surface area contributed by atoms with Crippen LogP contribution in [-0.2, 0) is 27.3 Å². The first-order chi connectivity index (χ1) is 18.8. The summed E-state index contributed by atoms with van der Waals surface area (Å²) in [6, 6.07) is 21.5. The fourth-order valence-corrected chi connectivity index (χ4v) is 3.79. The normalized spacial score (nSPS) is 10.5. The van der Waals surface area contributed by atoms with Crippen LogP contribution in [0.2, 0.25) is 5.02 Å². The summed E-state index contributed by atoms with van der Waals surface area (Å²) in [6.45, 7) is 1.92. The fraction of sp³-hybridized carbons (Fsp3) is 0.172. The molecule has 0 bridgehead atoms. The molecule has 0 aliphatic carbocycles. The highest BCUT2D eigenvalue weighted by atomic mass is 35.5. The van der Waals surface area contributed by atoms with Crippen molar-refractivity contribution in [3.05, 3.63) is 105 Å². The van der Waals surface area contributed by atoms with E-state index in [1.807, 2.05) is 24.3 Å². The summed E-state index contributed by atoms with van der Waals surface area (Å²) < 4.78 is 12.1. The minimum atomic E-state index is -0.393. The number of esters is 1. The zero-order valence-corrected chi connectivity index (χ0v) is 22.2. The van der Waals surface area contributed by atoms with E-state index in [0.29, 0.717) is 28.2 Å². The molecular formula is C29H27ClN4O5. The van der Waals surface area contributed by atoms with Gasteiger partial charge in [-0.2, -0.15) is 0 Å². The van der Waals surface area contributed by atoms with Crippen molar-refractivity contribution in [2.45, 2.75) is 26.3 Å². The average molecular weight is 547 g/mol. The van der Waals surface area contributed by atoms with E-state index in [1.165, 1.54) is 17.9 Å². The maximum Gasteiger partial charge on any atom is 0.309 e. The van der Waals surface area contributed by atoms with Crippen molar-refractivity contribution >= 4 is 40.8 Å². The number of hydrogen-bond acceptors (Lipinski definition) is 7. The largest absolute Gasteiger partial charge is 0.469 e. The number of methoxy groups -OCH3 is 1. The Labute approximate surface area is 230 Å². The first kappa shape index (κ1) is 27.4. The van der Waals surface area contributed by atoms with Gasteiger partial charge in [0.25, 0.3) is 5.56 Å². The molecule has 0 aliphatic rings. The van der Waals surface area contributed by atoms with E-state index in [4.69, 9.17) is 21.1 Å². The Morgan fingerprint density at radius 3 is 2.41 bits per heavy atom. The monoisotopic (exact) mass is 546 g/mol. The van der Waals surface area contributed by atoms with Gasteiger partial charge in [0.05, 0.1) is 26.3 Å². The molecule has 0 atom stereocenters. The number of hydrogen-bond donors (Lipinski definition) is 2. The van der Waals surface area contributed by atoms with Crippen LogP contribution >= 0.6 is 11.6 Å². The number of nitrogens with one attached hydrogen (secondary N) is 2. The minimum absolute atomic E-state index is 0.0968. The molecule has 0 fully saturated rings. The molecule has 39 heavy (non-hydrogen) atoms. The van der Waals surface area contributed by atoms with Crippen LogP contribution in [0.3, 0.4) is 0 Å². The van der Waals surface area contributed by atoms with E-state index < -0.39 is 5.56 Å². The lowest BCUT2D eigenvalue weighted by Crippen LogP contribution is -2.28. The van der Waals surface area contributed by atoms with Crippen LogP contribution in [0.25, 0.3) is 0 Å². The minimum Gasteiger partial charge on any atom is -0.469 e. The summed E-state index contributed by atoms with van der Waals surface area (Å²) in [5.74, 6) is 0.861. The SMILES string of the molecule is CCC(=O)Nc1cnc(Nc2ccc(Oc3cccc(CC(=O)OC)c3)cc2)n(Cc2ccc(Cl)cc2)c1=O. The summed E-state index contributed by atoms with van der Waals surface area (Å²) >= 11 is 6.01. The summed E-state index contributed by atoms with van der Waals surface area (Å²) in [5.41, 5.74) is 1.99. The topological polar surface area (TPSA) is 112 Å². The molecule has 1 amide bonds. The smallest absolute Gasteiger partial charge is 0.309 e. The lowest BCUT2D eigenvalue weighted by atomic mass is 10.1. The number of benzene rings is 3. The second-order valence-electron chi connectivity index (χ2n) is 8.57. The number of aromatic nitrogens is 2. The highest BCUT2D eigenvalue weighted by Crippen LogP contribution is 2.25. The van der Waals surface area contributed by atoms with E-state index in [1.54, 1.807) is 55.5 Å². The summed E-state index contributed by atoms with van der Waals surface area (Å²) in [4.78, 5) is 41.1. The number of carbonyl (C=O) groups is 2. The number of carbonyl (C=O) groups excluding carboxylic acids is 2. The van der Waals surface area contributed by atoms with E-state index in [0.717, 1.165) is 11.1 Å². The summed E-state index contributed by atoms with van der Waals surface area (Å²) in [6.07, 6.45) is 1.73. The van der Waals surface area contributed by atoms with Crippen LogP contribution < -0.4 is 20.9 Å². The van der Waals surface area contributed by atoms with Gasteiger partial charge in [-0.25, -0.2) is 4.98 Å². The van der Waals surface area contributed by atoms with Crippen molar-refractivity contribution in [3.63, 3.8) is 0 Å². The van der Waals surface area contributed by atoms with Crippen LogP contribution in [0.4, 0.5) is 17.3 Å². The van der Waals surface area contributed by atoms with E-state index in [2.05, 4.69) is 15.6 Å². The first-order valence-corrected chi connectivity index (χ1v) is 12.6. The Morgan fingerprint density at radius 1 is 0.974 bits per heavy atom. The molecule has 1 aromatic heterocycles. The van der Waals surface area contributed by atoms with Crippen molar-refractivity contribution < 1.29 is 19.1 Å². The molecule has 0 radical (unpaired) electrons. The highest BCUT2D eigenvalue weighted by Gasteiger charge is 2.14. The predicted octanol–water partition coefficient (Wildman–Crippen LogP) is 5.54. The molecule has 0 spiro atoms. The zero-order chi connectivity index (χ0) is 27.8. The van der Waals surface area contributed by atoms with E-state index in [9.17, 15) is 14.4 Å². The molecule has 1 heterocycles. The van der Waals surface area contributed by atoms with Gasteiger partial charge in [-0.05, 0) is 59.7 Å². The van der Waals surface area contributed by atoms with Gasteiger partial charge in [0.15, 0.2) is 0 Å². The number of nitrogens with zero attached hydrogens (tertiary/aromatic N) is 2. The van der Waals surface area contributed by atoms with Gasteiger partial charge in [-0.3, -0.25) is 19.0 Å². The van der Waals surface area contributed by atoms with E-state index >= 15 is 0 Å². The number of ether oxygens (including phenoxy) is 2. The molecule has 4 aromatic rings. The van der Waals surface area contributed by atoms with Crippen molar-refractivity contribution in [3.8, 4) is 11.5 Å². The molecule has 10 heteroatoms. The number of rotatable bonds is 10. The average Bonchev–Trinajstić information content (AvgIpc) is 2.94. The molecule has 4 rings (SSSR count). The number of amides is 1. The Bertz CT molecular complexity index is 1520. The number of anilines is 3.